The molecule has 0 atom stereocenters. The molecule has 0 aliphatic carbocycles. The Bertz CT molecular complexity index is 24.5. The van der Waals surface area contributed by atoms with Crippen LogP contribution in [0.1, 0.15) is 28.7 Å². The van der Waals surface area contributed by atoms with E-state index in [2.05, 4.69) is 25.3 Å². The van der Waals surface area contributed by atoms with Crippen molar-refractivity contribution in [3.8, 4) is 0 Å². The average molecular weight is 273 g/mol. The Morgan fingerprint density at radius 3 is 1.00 bits per heavy atom. The summed E-state index contributed by atoms with van der Waals surface area (Å²) in [6.07, 6.45) is 2.74. The van der Waals surface area contributed by atoms with Gasteiger partial charge in [0.2, 0.25) is 0 Å². The molecular weight excluding hydrogens is 244 g/mol. The molecule has 4 N–H and O–H groups in total. The van der Waals surface area contributed by atoms with E-state index < -0.39 is 0 Å². The molecule has 0 heterocycles. The first-order valence-corrected chi connectivity index (χ1v) is 4.69. The van der Waals surface area contributed by atoms with Gasteiger partial charge in [0.25, 0.3) is 0 Å². The summed E-state index contributed by atoms with van der Waals surface area (Å²) in [5, 5.41) is 0. The molecule has 0 unspecified atom stereocenters. The molecule has 0 rings (SSSR count). The summed E-state index contributed by atoms with van der Waals surface area (Å²) in [6, 6.07) is 0. The maximum Gasteiger partial charge on any atom is 0 e. The molecule has 0 saturated heterocycles. The Morgan fingerprint density at radius 1 is 0.833 bits per heavy atom. The Kier molecular flexibility index (Phi) is 258. The van der Waals surface area contributed by atoms with Crippen molar-refractivity contribution in [1.29, 1.82) is 0 Å². The number of rotatable bonds is 2. The predicted octanol–water partition coefficient (Wildman–Crippen LogP) is 2.12. The van der Waals surface area contributed by atoms with Gasteiger partial charge in [0.1, 0.15) is 0 Å². The van der Waals surface area contributed by atoms with Crippen LogP contribution in [-0.2, 0) is 32.7 Å². The predicted molar refractivity (Wildman–Crippen MR) is 63.1 cm³/mol. The third-order valence-electron chi connectivity index (χ3n) is 0.500. The van der Waals surface area contributed by atoms with Gasteiger partial charge in [-0.15, -0.1) is 8.58 Å². The minimum atomic E-state index is 0. The molecule has 0 aromatic rings. The van der Waals surface area contributed by atoms with Crippen molar-refractivity contribution in [2.45, 2.75) is 28.7 Å². The van der Waals surface area contributed by atoms with Crippen molar-refractivity contribution in [2.75, 3.05) is 26.4 Å². The fraction of sp³-hybridized carbons (Fsp3) is 1.00. The Balaban J connectivity index is -0.0000000116. The van der Waals surface area contributed by atoms with Crippen LogP contribution in [0.15, 0.2) is 0 Å². The molecular formula is C8H29N2PY. The van der Waals surface area contributed by atoms with Gasteiger partial charge in [0.05, 0.1) is 0 Å². The van der Waals surface area contributed by atoms with Crippen LogP contribution in [0.2, 0.25) is 0 Å². The standard InChI is InChI=1S/C4H11P.2CH5N.2CH4.Y/c1-3-5-4-2;2*1-2;;;/h5H,3-4H2,1-2H3;2*2H2,1H3;2*1H4;. The molecule has 0 fully saturated rings. The smallest absolute Gasteiger partial charge is 0 e. The topological polar surface area (TPSA) is 52.0 Å². The third-order valence-corrected chi connectivity index (χ3v) is 1.50. The summed E-state index contributed by atoms with van der Waals surface area (Å²) < 4.78 is 0. The van der Waals surface area contributed by atoms with E-state index in [0.29, 0.717) is 0 Å². The zero-order chi connectivity index (χ0) is 8.12. The van der Waals surface area contributed by atoms with Gasteiger partial charge in [-0.2, -0.15) is 0 Å². The SMILES string of the molecule is C.C.CCPCC.CN.CN.[Y]. The second-order valence-corrected chi connectivity index (χ2v) is 2.87. The Labute approximate surface area is 107 Å². The second-order valence-electron chi connectivity index (χ2n) is 0.957. The van der Waals surface area contributed by atoms with E-state index in [0.717, 1.165) is 0 Å². The summed E-state index contributed by atoms with van der Waals surface area (Å²) in [4.78, 5) is 0. The molecule has 0 aliphatic heterocycles. The molecule has 0 aromatic heterocycles. The molecule has 79 valence electrons. The molecule has 0 aliphatic rings. The monoisotopic (exact) mass is 273 g/mol. The van der Waals surface area contributed by atoms with Gasteiger partial charge < -0.3 is 11.5 Å². The van der Waals surface area contributed by atoms with Crippen LogP contribution in [0.3, 0.4) is 0 Å². The minimum Gasteiger partial charge on any atom is -0.333 e. The van der Waals surface area contributed by atoms with Gasteiger partial charge >= 0.3 is 0 Å². The fourth-order valence-electron chi connectivity index (χ4n) is 0.250. The third kappa shape index (κ3) is 105. The largest absolute Gasteiger partial charge is 0.333 e. The normalized spacial score (nSPS) is 4.50. The summed E-state index contributed by atoms with van der Waals surface area (Å²) in [7, 11) is 4.20. The summed E-state index contributed by atoms with van der Waals surface area (Å²) in [5.74, 6) is 0. The molecule has 0 bridgehead atoms. The van der Waals surface area contributed by atoms with Crippen LogP contribution in [0, 0.1) is 0 Å². The maximum atomic E-state index is 4.50. The van der Waals surface area contributed by atoms with Crippen molar-refractivity contribution in [3.05, 3.63) is 0 Å². The van der Waals surface area contributed by atoms with Crippen LogP contribution in [0.4, 0.5) is 0 Å². The van der Waals surface area contributed by atoms with Crippen molar-refractivity contribution in [3.63, 3.8) is 0 Å². The average Bonchev–Trinajstić information content (AvgIpc) is 1.98. The van der Waals surface area contributed by atoms with Gasteiger partial charge in [-0.05, 0) is 26.4 Å². The van der Waals surface area contributed by atoms with Gasteiger partial charge in [0.15, 0.2) is 0 Å². The summed E-state index contributed by atoms with van der Waals surface area (Å²) >= 11 is 0. The first-order chi connectivity index (χ1) is 4.41. The van der Waals surface area contributed by atoms with E-state index in [1.54, 1.807) is 0 Å². The van der Waals surface area contributed by atoms with E-state index in [9.17, 15) is 0 Å². The molecule has 0 aromatic carbocycles. The van der Waals surface area contributed by atoms with Crippen molar-refractivity contribution >= 4 is 8.58 Å². The molecule has 12 heavy (non-hydrogen) atoms. The molecule has 0 spiro atoms. The molecule has 1 radical (unpaired) electrons. The molecule has 0 saturated carbocycles. The quantitative estimate of drug-likeness (QED) is 0.757. The van der Waals surface area contributed by atoms with Gasteiger partial charge in [-0.1, -0.05) is 28.7 Å². The molecule has 0 amide bonds. The number of hydrogen-bond donors (Lipinski definition) is 2. The number of nitrogens with two attached hydrogens (primary N) is 2. The first-order valence-electron chi connectivity index (χ1n) is 3.28. The van der Waals surface area contributed by atoms with Crippen LogP contribution in [0.25, 0.3) is 0 Å². The van der Waals surface area contributed by atoms with Gasteiger partial charge in [-0.25, -0.2) is 0 Å². The second kappa shape index (κ2) is 82.4. The van der Waals surface area contributed by atoms with Crippen LogP contribution in [0.5, 0.6) is 0 Å². The minimum absolute atomic E-state index is 0. The first kappa shape index (κ1) is 37.6. The zero-order valence-corrected chi connectivity index (χ0v) is 11.5. The van der Waals surface area contributed by atoms with Gasteiger partial charge in [0, 0.05) is 32.7 Å². The molecule has 4 heteroatoms. The maximum absolute atomic E-state index is 4.50. The van der Waals surface area contributed by atoms with E-state index in [-0.39, 0.29) is 47.6 Å². The number of hydrogen-bond acceptors (Lipinski definition) is 2. The summed E-state index contributed by atoms with van der Waals surface area (Å²) in [5.41, 5.74) is 9.00. The summed E-state index contributed by atoms with van der Waals surface area (Å²) in [6.45, 7) is 4.45. The van der Waals surface area contributed by atoms with E-state index in [4.69, 9.17) is 0 Å². The van der Waals surface area contributed by atoms with E-state index >= 15 is 0 Å². The Morgan fingerprint density at radius 2 is 1.00 bits per heavy atom. The van der Waals surface area contributed by atoms with Gasteiger partial charge in [-0.3, -0.25) is 0 Å². The van der Waals surface area contributed by atoms with Crippen LogP contribution >= 0.6 is 8.58 Å². The van der Waals surface area contributed by atoms with Crippen molar-refractivity contribution in [1.82, 2.24) is 0 Å². The fourth-order valence-corrected chi connectivity index (χ4v) is 0.750. The van der Waals surface area contributed by atoms with Crippen molar-refractivity contribution < 1.29 is 32.7 Å². The molecule has 2 nitrogen and oxygen atoms in total. The van der Waals surface area contributed by atoms with Crippen LogP contribution < -0.4 is 11.5 Å². The Hall–Kier alpha value is 1.45. The van der Waals surface area contributed by atoms with E-state index in [1.807, 2.05) is 0 Å². The van der Waals surface area contributed by atoms with E-state index in [1.165, 1.54) is 35.0 Å². The van der Waals surface area contributed by atoms with Crippen molar-refractivity contribution in [2.24, 2.45) is 11.5 Å². The zero-order valence-electron chi connectivity index (χ0n) is 7.65. The van der Waals surface area contributed by atoms with Crippen LogP contribution in [-0.4, -0.2) is 26.4 Å².